The highest BCUT2D eigenvalue weighted by atomic mass is 35.5. The molecule has 1 atom stereocenters. The zero-order chi connectivity index (χ0) is 14.5. The van der Waals surface area contributed by atoms with Crippen LogP contribution in [0.2, 0.25) is 10.0 Å². The Bertz CT molecular complexity index is 455. The highest BCUT2D eigenvalue weighted by Crippen LogP contribution is 2.23. The zero-order valence-electron chi connectivity index (χ0n) is 10.9. The van der Waals surface area contributed by atoms with Gasteiger partial charge in [0.1, 0.15) is 0 Å². The first-order valence-corrected chi connectivity index (χ1v) is 7.31. The number of nitrogens with one attached hydrogen (secondary N) is 1. The van der Waals surface area contributed by atoms with Gasteiger partial charge in [-0.2, -0.15) is 0 Å². The fraction of sp³-hybridized carbons (Fsp3) is 0.500. The lowest BCUT2D eigenvalue weighted by molar-refractivity contribution is -0.128. The van der Waals surface area contributed by atoms with Crippen LogP contribution in [0.5, 0.6) is 0 Å². The van der Waals surface area contributed by atoms with Crippen molar-refractivity contribution >= 4 is 29.1 Å². The van der Waals surface area contributed by atoms with Crippen LogP contribution in [0.15, 0.2) is 18.2 Å². The van der Waals surface area contributed by atoms with Crippen LogP contribution in [0.3, 0.4) is 0 Å². The Kier molecular flexibility index (Phi) is 5.66. The molecule has 4 nitrogen and oxygen atoms in total. The SMILES string of the molecule is O=C(NC[C@@H](O)c1cc(Cl)cc(Cl)c1)C1CCOCC1. The standard InChI is InChI=1S/C14H17Cl2NO3/c15-11-5-10(6-12(16)7-11)13(18)8-17-14(19)9-1-3-20-4-2-9/h5-7,9,13,18H,1-4,8H2,(H,17,19)/t13-/m1/s1. The van der Waals surface area contributed by atoms with Gasteiger partial charge in [0.25, 0.3) is 0 Å². The summed E-state index contributed by atoms with van der Waals surface area (Å²) >= 11 is 11.8. The van der Waals surface area contributed by atoms with E-state index >= 15 is 0 Å². The van der Waals surface area contributed by atoms with Crippen molar-refractivity contribution in [3.8, 4) is 0 Å². The molecule has 6 heteroatoms. The molecule has 0 aromatic heterocycles. The van der Waals surface area contributed by atoms with E-state index in [9.17, 15) is 9.90 Å². The van der Waals surface area contributed by atoms with Crippen molar-refractivity contribution < 1.29 is 14.6 Å². The van der Waals surface area contributed by atoms with Gasteiger partial charge in [0.15, 0.2) is 0 Å². The summed E-state index contributed by atoms with van der Waals surface area (Å²) in [6.07, 6.45) is 0.630. The lowest BCUT2D eigenvalue weighted by atomic mass is 9.99. The molecule has 1 amide bonds. The number of aliphatic hydroxyl groups is 1. The van der Waals surface area contributed by atoms with E-state index in [2.05, 4.69) is 5.32 Å². The summed E-state index contributed by atoms with van der Waals surface area (Å²) in [6.45, 7) is 1.38. The van der Waals surface area contributed by atoms with Crippen molar-refractivity contribution in [3.63, 3.8) is 0 Å². The van der Waals surface area contributed by atoms with E-state index in [1.807, 2.05) is 0 Å². The van der Waals surface area contributed by atoms with Gasteiger partial charge in [0, 0.05) is 35.7 Å². The van der Waals surface area contributed by atoms with Crippen molar-refractivity contribution in [3.05, 3.63) is 33.8 Å². The number of carbonyl (C=O) groups excluding carboxylic acids is 1. The Morgan fingerprint density at radius 1 is 1.30 bits per heavy atom. The molecule has 1 saturated heterocycles. The van der Waals surface area contributed by atoms with Gasteiger partial charge in [-0.15, -0.1) is 0 Å². The quantitative estimate of drug-likeness (QED) is 0.897. The number of rotatable bonds is 4. The molecular formula is C14H17Cl2NO3. The van der Waals surface area contributed by atoms with Crippen molar-refractivity contribution in [2.75, 3.05) is 19.8 Å². The van der Waals surface area contributed by atoms with E-state index in [4.69, 9.17) is 27.9 Å². The minimum absolute atomic E-state index is 0.0288. The third-order valence-electron chi connectivity index (χ3n) is 3.33. The van der Waals surface area contributed by atoms with E-state index in [-0.39, 0.29) is 18.4 Å². The van der Waals surface area contributed by atoms with Gasteiger partial charge in [0.2, 0.25) is 5.91 Å². The minimum Gasteiger partial charge on any atom is -0.387 e. The first-order valence-electron chi connectivity index (χ1n) is 6.56. The van der Waals surface area contributed by atoms with Crippen LogP contribution in [0.25, 0.3) is 0 Å². The van der Waals surface area contributed by atoms with E-state index in [0.717, 1.165) is 12.8 Å². The van der Waals surface area contributed by atoms with Gasteiger partial charge in [-0.3, -0.25) is 4.79 Å². The molecule has 110 valence electrons. The molecule has 0 aliphatic carbocycles. The predicted octanol–water partition coefficient (Wildman–Crippen LogP) is 2.57. The van der Waals surface area contributed by atoms with Gasteiger partial charge in [-0.05, 0) is 36.6 Å². The topological polar surface area (TPSA) is 58.6 Å². The highest BCUT2D eigenvalue weighted by Gasteiger charge is 2.22. The van der Waals surface area contributed by atoms with Crippen LogP contribution in [-0.2, 0) is 9.53 Å². The Hall–Kier alpha value is -0.810. The first-order chi connectivity index (χ1) is 9.56. The number of halogens is 2. The van der Waals surface area contributed by atoms with Gasteiger partial charge in [-0.1, -0.05) is 23.2 Å². The lowest BCUT2D eigenvalue weighted by Crippen LogP contribution is -2.36. The molecule has 0 saturated carbocycles. The van der Waals surface area contributed by atoms with Crippen LogP contribution in [0.1, 0.15) is 24.5 Å². The Labute approximate surface area is 128 Å². The van der Waals surface area contributed by atoms with Crippen LogP contribution in [0.4, 0.5) is 0 Å². The first kappa shape index (κ1) is 15.6. The maximum Gasteiger partial charge on any atom is 0.223 e. The van der Waals surface area contributed by atoms with Crippen LogP contribution in [-0.4, -0.2) is 30.8 Å². The fourth-order valence-electron chi connectivity index (χ4n) is 2.19. The summed E-state index contributed by atoms with van der Waals surface area (Å²) in [5, 5.41) is 13.7. The van der Waals surface area contributed by atoms with Crippen LogP contribution < -0.4 is 5.32 Å². The normalized spacial score (nSPS) is 17.8. The van der Waals surface area contributed by atoms with Gasteiger partial charge in [0.05, 0.1) is 6.10 Å². The number of amides is 1. The molecule has 1 heterocycles. The average molecular weight is 318 g/mol. The Morgan fingerprint density at radius 3 is 2.50 bits per heavy atom. The summed E-state index contributed by atoms with van der Waals surface area (Å²) in [7, 11) is 0. The highest BCUT2D eigenvalue weighted by molar-refractivity contribution is 6.34. The molecule has 2 rings (SSSR count). The third kappa shape index (κ3) is 4.35. The summed E-state index contributed by atoms with van der Waals surface area (Å²) in [5.74, 6) is -0.0700. The minimum atomic E-state index is -0.824. The smallest absolute Gasteiger partial charge is 0.223 e. The van der Waals surface area contributed by atoms with E-state index in [1.54, 1.807) is 18.2 Å². The molecule has 0 radical (unpaired) electrons. The number of hydrogen-bond donors (Lipinski definition) is 2. The number of carbonyl (C=O) groups is 1. The maximum absolute atomic E-state index is 11.9. The molecule has 1 aromatic rings. The lowest BCUT2D eigenvalue weighted by Gasteiger charge is -2.22. The number of hydrogen-bond acceptors (Lipinski definition) is 3. The summed E-state index contributed by atoms with van der Waals surface area (Å²) < 4.78 is 5.21. The zero-order valence-corrected chi connectivity index (χ0v) is 12.5. The monoisotopic (exact) mass is 317 g/mol. The van der Waals surface area contributed by atoms with Crippen molar-refractivity contribution in [1.29, 1.82) is 0 Å². The summed E-state index contributed by atoms with van der Waals surface area (Å²) in [6, 6.07) is 4.87. The van der Waals surface area contributed by atoms with Crippen molar-refractivity contribution in [2.24, 2.45) is 5.92 Å². The maximum atomic E-state index is 11.9. The molecule has 2 N–H and O–H groups in total. The molecule has 1 aromatic carbocycles. The van der Waals surface area contributed by atoms with Gasteiger partial charge < -0.3 is 15.2 Å². The molecule has 20 heavy (non-hydrogen) atoms. The average Bonchev–Trinajstić information content (AvgIpc) is 2.44. The second kappa shape index (κ2) is 7.27. The molecule has 1 fully saturated rings. The van der Waals surface area contributed by atoms with Crippen molar-refractivity contribution in [1.82, 2.24) is 5.32 Å². The summed E-state index contributed by atoms with van der Waals surface area (Å²) in [4.78, 5) is 11.9. The molecule has 0 unspecified atom stereocenters. The van der Waals surface area contributed by atoms with Gasteiger partial charge >= 0.3 is 0 Å². The second-order valence-electron chi connectivity index (χ2n) is 4.85. The third-order valence-corrected chi connectivity index (χ3v) is 3.77. The van der Waals surface area contributed by atoms with Crippen molar-refractivity contribution in [2.45, 2.75) is 18.9 Å². The molecule has 1 aliphatic rings. The fourth-order valence-corrected chi connectivity index (χ4v) is 2.73. The number of ether oxygens (including phenoxy) is 1. The molecule has 0 bridgehead atoms. The second-order valence-corrected chi connectivity index (χ2v) is 5.72. The van der Waals surface area contributed by atoms with E-state index in [1.165, 1.54) is 0 Å². The van der Waals surface area contributed by atoms with E-state index in [0.29, 0.717) is 28.8 Å². The molecule has 1 aliphatic heterocycles. The number of benzene rings is 1. The van der Waals surface area contributed by atoms with Crippen LogP contribution in [0, 0.1) is 5.92 Å². The summed E-state index contributed by atoms with van der Waals surface area (Å²) in [5.41, 5.74) is 0.592. The Balaban J connectivity index is 1.87. The predicted molar refractivity (Wildman–Crippen MR) is 78.0 cm³/mol. The molecule has 0 spiro atoms. The van der Waals surface area contributed by atoms with E-state index < -0.39 is 6.10 Å². The largest absolute Gasteiger partial charge is 0.387 e. The Morgan fingerprint density at radius 2 is 1.90 bits per heavy atom. The van der Waals surface area contributed by atoms with Crippen LogP contribution >= 0.6 is 23.2 Å². The number of aliphatic hydroxyl groups excluding tert-OH is 1. The molecular weight excluding hydrogens is 301 g/mol. The van der Waals surface area contributed by atoms with Gasteiger partial charge in [-0.25, -0.2) is 0 Å².